The maximum absolute atomic E-state index is 13.0. The molecule has 18 heavy (non-hydrogen) atoms. The lowest BCUT2D eigenvalue weighted by atomic mass is 9.98. The van der Waals surface area contributed by atoms with Gasteiger partial charge in [-0.2, -0.15) is 0 Å². The van der Waals surface area contributed by atoms with Crippen LogP contribution in [-0.4, -0.2) is 5.11 Å². The van der Waals surface area contributed by atoms with Gasteiger partial charge in [-0.05, 0) is 70.5 Å². The lowest BCUT2D eigenvalue weighted by Crippen LogP contribution is -2.04. The van der Waals surface area contributed by atoms with E-state index in [4.69, 9.17) is 0 Å². The predicted molar refractivity (Wildman–Crippen MR) is 79.0 cm³/mol. The van der Waals surface area contributed by atoms with Gasteiger partial charge >= 0.3 is 0 Å². The summed E-state index contributed by atoms with van der Waals surface area (Å²) in [6, 6.07) is 12.5. The Labute approximate surface area is 120 Å². The number of hydrogen-bond donors (Lipinski definition) is 1. The molecule has 3 heteroatoms. The van der Waals surface area contributed by atoms with Gasteiger partial charge in [-0.25, -0.2) is 4.39 Å². The highest BCUT2D eigenvalue weighted by Crippen LogP contribution is 2.22. The Hall–Kier alpha value is -0.940. The molecule has 0 spiro atoms. The molecule has 0 aliphatic carbocycles. The summed E-state index contributed by atoms with van der Waals surface area (Å²) in [6.07, 6.45) is -0.0469. The van der Waals surface area contributed by atoms with Gasteiger partial charge < -0.3 is 5.11 Å². The molecular weight excluding hydrogens is 342 g/mol. The molecule has 0 saturated heterocycles. The number of aliphatic hydroxyl groups excluding tert-OH is 1. The molecule has 2 rings (SSSR count). The zero-order valence-electron chi connectivity index (χ0n) is 10.0. The van der Waals surface area contributed by atoms with Crippen molar-refractivity contribution in [2.75, 3.05) is 0 Å². The molecule has 0 fully saturated rings. The number of halogens is 2. The smallest absolute Gasteiger partial charge is 0.123 e. The first kappa shape index (κ1) is 13.5. The van der Waals surface area contributed by atoms with Crippen molar-refractivity contribution in [1.29, 1.82) is 0 Å². The SMILES string of the molecule is Cc1cc(F)ccc1C(O)Cc1ccc(I)cc1. The van der Waals surface area contributed by atoms with E-state index in [1.807, 2.05) is 31.2 Å². The Kier molecular flexibility index (Phi) is 4.35. The standard InChI is InChI=1S/C15H14FIO/c1-10-8-12(16)4-7-14(10)15(18)9-11-2-5-13(17)6-3-11/h2-8,15,18H,9H2,1H3. The molecule has 1 nitrogen and oxygen atoms in total. The average molecular weight is 356 g/mol. The van der Waals surface area contributed by atoms with E-state index in [1.54, 1.807) is 6.07 Å². The summed E-state index contributed by atoms with van der Waals surface area (Å²) in [6.45, 7) is 1.82. The maximum atomic E-state index is 13.0. The fourth-order valence-electron chi connectivity index (χ4n) is 1.97. The third-order valence-electron chi connectivity index (χ3n) is 2.93. The second-order valence-electron chi connectivity index (χ2n) is 4.35. The third-order valence-corrected chi connectivity index (χ3v) is 3.65. The second-order valence-corrected chi connectivity index (χ2v) is 5.59. The average Bonchev–Trinajstić information content (AvgIpc) is 2.32. The number of hydrogen-bond acceptors (Lipinski definition) is 1. The van der Waals surface area contributed by atoms with E-state index in [0.717, 1.165) is 16.7 Å². The molecule has 2 aromatic rings. The molecule has 0 aliphatic rings. The summed E-state index contributed by atoms with van der Waals surface area (Å²) in [5.74, 6) is -0.266. The van der Waals surface area contributed by atoms with Crippen molar-refractivity contribution in [2.24, 2.45) is 0 Å². The molecule has 0 aromatic heterocycles. The molecule has 0 amide bonds. The highest BCUT2D eigenvalue weighted by molar-refractivity contribution is 14.1. The molecule has 0 radical (unpaired) electrons. The molecule has 0 heterocycles. The van der Waals surface area contributed by atoms with E-state index in [1.165, 1.54) is 15.7 Å². The van der Waals surface area contributed by atoms with Gasteiger partial charge in [-0.15, -0.1) is 0 Å². The minimum Gasteiger partial charge on any atom is -0.388 e. The van der Waals surface area contributed by atoms with Gasteiger partial charge in [0.2, 0.25) is 0 Å². The van der Waals surface area contributed by atoms with Gasteiger partial charge in [0.15, 0.2) is 0 Å². The fourth-order valence-corrected chi connectivity index (χ4v) is 2.33. The molecule has 0 aliphatic heterocycles. The summed E-state index contributed by atoms with van der Waals surface area (Å²) >= 11 is 2.25. The highest BCUT2D eigenvalue weighted by Gasteiger charge is 2.11. The summed E-state index contributed by atoms with van der Waals surface area (Å²) in [5, 5.41) is 10.2. The van der Waals surface area contributed by atoms with Crippen molar-refractivity contribution >= 4 is 22.6 Å². The van der Waals surface area contributed by atoms with E-state index >= 15 is 0 Å². The first-order valence-corrected chi connectivity index (χ1v) is 6.82. The Morgan fingerprint density at radius 1 is 1.17 bits per heavy atom. The molecule has 1 unspecified atom stereocenters. The van der Waals surface area contributed by atoms with Crippen LogP contribution in [0.4, 0.5) is 4.39 Å². The van der Waals surface area contributed by atoms with Gasteiger partial charge in [-0.1, -0.05) is 18.2 Å². The number of rotatable bonds is 3. The van der Waals surface area contributed by atoms with Crippen molar-refractivity contribution in [3.05, 3.63) is 68.5 Å². The summed E-state index contributed by atoms with van der Waals surface area (Å²) in [4.78, 5) is 0. The van der Waals surface area contributed by atoms with Crippen LogP contribution in [0.3, 0.4) is 0 Å². The summed E-state index contributed by atoms with van der Waals surface area (Å²) < 4.78 is 14.2. The predicted octanol–water partition coefficient (Wildman–Crippen LogP) is 4.01. The maximum Gasteiger partial charge on any atom is 0.123 e. The van der Waals surface area contributed by atoms with Crippen molar-refractivity contribution in [2.45, 2.75) is 19.4 Å². The zero-order chi connectivity index (χ0) is 13.1. The van der Waals surface area contributed by atoms with Crippen LogP contribution in [0, 0.1) is 16.3 Å². The van der Waals surface area contributed by atoms with Crippen LogP contribution in [-0.2, 0) is 6.42 Å². The van der Waals surface area contributed by atoms with Crippen LogP contribution < -0.4 is 0 Å². The van der Waals surface area contributed by atoms with Gasteiger partial charge in [0, 0.05) is 9.99 Å². The lowest BCUT2D eigenvalue weighted by Gasteiger charge is -2.14. The zero-order valence-corrected chi connectivity index (χ0v) is 12.2. The number of benzene rings is 2. The summed E-state index contributed by atoms with van der Waals surface area (Å²) in [5.41, 5.74) is 2.65. The van der Waals surface area contributed by atoms with Gasteiger partial charge in [0.05, 0.1) is 6.10 Å². The minimum atomic E-state index is -0.592. The van der Waals surface area contributed by atoms with Crippen molar-refractivity contribution in [3.8, 4) is 0 Å². The Bertz CT molecular complexity index is 537. The quantitative estimate of drug-likeness (QED) is 0.824. The fraction of sp³-hybridized carbons (Fsp3) is 0.200. The topological polar surface area (TPSA) is 20.2 Å². The molecule has 1 atom stereocenters. The largest absolute Gasteiger partial charge is 0.388 e. The highest BCUT2D eigenvalue weighted by atomic mass is 127. The Balaban J connectivity index is 2.16. The third kappa shape index (κ3) is 3.29. The van der Waals surface area contributed by atoms with E-state index < -0.39 is 6.10 Å². The first-order chi connectivity index (χ1) is 8.56. The molecule has 0 bridgehead atoms. The Morgan fingerprint density at radius 3 is 2.44 bits per heavy atom. The monoisotopic (exact) mass is 356 g/mol. The van der Waals surface area contributed by atoms with E-state index in [2.05, 4.69) is 22.6 Å². The van der Waals surface area contributed by atoms with Gasteiger partial charge in [0.25, 0.3) is 0 Å². The number of aryl methyl sites for hydroxylation is 1. The van der Waals surface area contributed by atoms with Crippen molar-refractivity contribution in [3.63, 3.8) is 0 Å². The van der Waals surface area contributed by atoms with Crippen LogP contribution in [0.15, 0.2) is 42.5 Å². The molecular formula is C15H14FIO. The van der Waals surface area contributed by atoms with Crippen molar-refractivity contribution < 1.29 is 9.50 Å². The molecule has 94 valence electrons. The van der Waals surface area contributed by atoms with E-state index in [0.29, 0.717) is 6.42 Å². The van der Waals surface area contributed by atoms with Gasteiger partial charge in [0.1, 0.15) is 5.82 Å². The van der Waals surface area contributed by atoms with Crippen LogP contribution in [0.1, 0.15) is 22.8 Å². The van der Waals surface area contributed by atoms with Crippen LogP contribution >= 0.6 is 22.6 Å². The van der Waals surface area contributed by atoms with Crippen molar-refractivity contribution in [1.82, 2.24) is 0 Å². The van der Waals surface area contributed by atoms with Crippen LogP contribution in [0.5, 0.6) is 0 Å². The van der Waals surface area contributed by atoms with E-state index in [-0.39, 0.29) is 5.82 Å². The van der Waals surface area contributed by atoms with Gasteiger partial charge in [-0.3, -0.25) is 0 Å². The lowest BCUT2D eigenvalue weighted by molar-refractivity contribution is 0.177. The van der Waals surface area contributed by atoms with E-state index in [9.17, 15) is 9.50 Å². The van der Waals surface area contributed by atoms with Crippen LogP contribution in [0.2, 0.25) is 0 Å². The number of aliphatic hydroxyl groups is 1. The second kappa shape index (κ2) is 5.80. The molecule has 0 saturated carbocycles. The minimum absolute atomic E-state index is 0.266. The van der Waals surface area contributed by atoms with Crippen LogP contribution in [0.25, 0.3) is 0 Å². The normalized spacial score (nSPS) is 12.4. The first-order valence-electron chi connectivity index (χ1n) is 5.75. The molecule has 2 aromatic carbocycles. The Morgan fingerprint density at radius 2 is 1.83 bits per heavy atom. The molecule has 1 N–H and O–H groups in total. The summed E-state index contributed by atoms with van der Waals surface area (Å²) in [7, 11) is 0.